The summed E-state index contributed by atoms with van der Waals surface area (Å²) >= 11 is 0. The third-order valence-corrected chi connectivity index (χ3v) is 4.73. The Hall–Kier alpha value is -0.860. The molecule has 0 amide bonds. The number of hydrogen-bond donors (Lipinski definition) is 1. The molecule has 0 aliphatic carbocycles. The van der Waals surface area contributed by atoms with Gasteiger partial charge in [0.05, 0.1) is 0 Å². The van der Waals surface area contributed by atoms with Gasteiger partial charge in [-0.3, -0.25) is 4.90 Å². The second-order valence-electron chi connectivity index (χ2n) is 6.70. The van der Waals surface area contributed by atoms with Gasteiger partial charge < -0.3 is 5.32 Å². The Balaban J connectivity index is 2.44. The second-order valence-corrected chi connectivity index (χ2v) is 6.70. The summed E-state index contributed by atoms with van der Waals surface area (Å²) in [6, 6.07) is 5.87. The minimum Gasteiger partial charge on any atom is -0.319 e. The highest BCUT2D eigenvalue weighted by molar-refractivity contribution is 5.40. The minimum absolute atomic E-state index is 0.572. The summed E-state index contributed by atoms with van der Waals surface area (Å²) in [7, 11) is 2.07. The van der Waals surface area contributed by atoms with Crippen molar-refractivity contribution in [3.05, 3.63) is 34.4 Å². The number of benzene rings is 1. The van der Waals surface area contributed by atoms with Gasteiger partial charge in [-0.15, -0.1) is 0 Å². The van der Waals surface area contributed by atoms with Crippen LogP contribution in [0.2, 0.25) is 0 Å². The fourth-order valence-electron chi connectivity index (χ4n) is 4.00. The number of aryl methyl sites for hydroxylation is 3. The van der Waals surface area contributed by atoms with Gasteiger partial charge in [-0.25, -0.2) is 0 Å². The van der Waals surface area contributed by atoms with Gasteiger partial charge in [0.2, 0.25) is 0 Å². The zero-order chi connectivity index (χ0) is 14.9. The summed E-state index contributed by atoms with van der Waals surface area (Å²) in [5.41, 5.74) is 5.87. The summed E-state index contributed by atoms with van der Waals surface area (Å²) < 4.78 is 0. The van der Waals surface area contributed by atoms with Crippen LogP contribution in [0, 0.1) is 26.7 Å². The highest BCUT2D eigenvalue weighted by atomic mass is 15.2. The standard InChI is InChI=1S/C18H30N2/c1-12(2)20-8-7-16(11-19-6)18(20)17-14(4)9-13(3)10-15(17)5/h9-10,12,16,18-19H,7-8,11H2,1-6H3. The molecule has 1 saturated heterocycles. The van der Waals surface area contributed by atoms with Crippen LogP contribution in [0.4, 0.5) is 0 Å². The molecule has 0 bridgehead atoms. The van der Waals surface area contributed by atoms with Gasteiger partial charge in [0, 0.05) is 12.1 Å². The van der Waals surface area contributed by atoms with Crippen LogP contribution < -0.4 is 5.32 Å². The van der Waals surface area contributed by atoms with Gasteiger partial charge >= 0.3 is 0 Å². The lowest BCUT2D eigenvalue weighted by atomic mass is 9.86. The first-order valence-corrected chi connectivity index (χ1v) is 7.93. The lowest BCUT2D eigenvalue weighted by Crippen LogP contribution is -2.34. The zero-order valence-corrected chi connectivity index (χ0v) is 14.0. The van der Waals surface area contributed by atoms with E-state index in [9.17, 15) is 0 Å². The summed E-state index contributed by atoms with van der Waals surface area (Å²) in [6.07, 6.45) is 1.30. The van der Waals surface area contributed by atoms with Crippen LogP contribution in [-0.4, -0.2) is 31.1 Å². The van der Waals surface area contributed by atoms with Crippen molar-refractivity contribution >= 4 is 0 Å². The lowest BCUT2D eigenvalue weighted by Gasteiger charge is -2.34. The van der Waals surface area contributed by atoms with E-state index in [1.54, 1.807) is 5.56 Å². The number of likely N-dealkylation sites (tertiary alicyclic amines) is 1. The van der Waals surface area contributed by atoms with Crippen LogP contribution in [0.15, 0.2) is 12.1 Å². The molecule has 1 N–H and O–H groups in total. The number of rotatable bonds is 4. The highest BCUT2D eigenvalue weighted by Gasteiger charge is 2.37. The monoisotopic (exact) mass is 274 g/mol. The Bertz CT molecular complexity index is 441. The smallest absolute Gasteiger partial charge is 0.0396 e. The molecule has 2 heteroatoms. The van der Waals surface area contributed by atoms with Crippen molar-refractivity contribution in [2.75, 3.05) is 20.1 Å². The largest absolute Gasteiger partial charge is 0.319 e. The SMILES string of the molecule is CNCC1CCN(C(C)C)C1c1c(C)cc(C)cc1C. The highest BCUT2D eigenvalue weighted by Crippen LogP contribution is 2.41. The zero-order valence-electron chi connectivity index (χ0n) is 14.0. The van der Waals surface area contributed by atoms with E-state index >= 15 is 0 Å². The average Bonchev–Trinajstić information content (AvgIpc) is 2.72. The van der Waals surface area contributed by atoms with E-state index in [0.29, 0.717) is 12.1 Å². The maximum atomic E-state index is 3.39. The molecule has 2 nitrogen and oxygen atoms in total. The Morgan fingerprint density at radius 2 is 1.80 bits per heavy atom. The van der Waals surface area contributed by atoms with Gasteiger partial charge in [0.15, 0.2) is 0 Å². The molecule has 2 unspecified atom stereocenters. The van der Waals surface area contributed by atoms with E-state index in [1.807, 2.05) is 0 Å². The maximum Gasteiger partial charge on any atom is 0.0396 e. The van der Waals surface area contributed by atoms with Crippen LogP contribution in [0.25, 0.3) is 0 Å². The molecule has 1 aliphatic heterocycles. The Kier molecular flexibility index (Phi) is 4.87. The number of nitrogens with one attached hydrogen (secondary N) is 1. The molecule has 0 saturated carbocycles. The number of hydrogen-bond acceptors (Lipinski definition) is 2. The molecular weight excluding hydrogens is 244 g/mol. The van der Waals surface area contributed by atoms with Crippen LogP contribution in [0.1, 0.15) is 48.6 Å². The van der Waals surface area contributed by atoms with E-state index in [1.165, 1.54) is 29.7 Å². The quantitative estimate of drug-likeness (QED) is 0.902. The predicted octanol–water partition coefficient (Wildman–Crippen LogP) is 3.60. The van der Waals surface area contributed by atoms with E-state index in [-0.39, 0.29) is 0 Å². The van der Waals surface area contributed by atoms with Crippen molar-refractivity contribution in [2.45, 2.75) is 53.1 Å². The third kappa shape index (κ3) is 2.91. The fourth-order valence-corrected chi connectivity index (χ4v) is 4.00. The third-order valence-electron chi connectivity index (χ3n) is 4.73. The first kappa shape index (κ1) is 15.5. The summed E-state index contributed by atoms with van der Waals surface area (Å²) in [5, 5.41) is 3.39. The fraction of sp³-hybridized carbons (Fsp3) is 0.667. The van der Waals surface area contributed by atoms with Gasteiger partial charge in [-0.1, -0.05) is 17.7 Å². The molecule has 1 aromatic carbocycles. The van der Waals surface area contributed by atoms with Gasteiger partial charge in [0.1, 0.15) is 0 Å². The van der Waals surface area contributed by atoms with Gasteiger partial charge in [-0.2, -0.15) is 0 Å². The molecule has 2 atom stereocenters. The van der Waals surface area contributed by atoms with Gasteiger partial charge in [0.25, 0.3) is 0 Å². The molecule has 20 heavy (non-hydrogen) atoms. The number of nitrogens with zero attached hydrogens (tertiary/aromatic N) is 1. The van der Waals surface area contributed by atoms with Crippen LogP contribution >= 0.6 is 0 Å². The van der Waals surface area contributed by atoms with Crippen molar-refractivity contribution in [3.63, 3.8) is 0 Å². The summed E-state index contributed by atoms with van der Waals surface area (Å²) in [4.78, 5) is 2.69. The van der Waals surface area contributed by atoms with Crippen LogP contribution in [-0.2, 0) is 0 Å². The first-order chi connectivity index (χ1) is 9.45. The molecule has 0 radical (unpaired) electrons. The molecule has 0 spiro atoms. The molecule has 1 fully saturated rings. The normalized spacial score (nSPS) is 23.8. The predicted molar refractivity (Wildman–Crippen MR) is 87.3 cm³/mol. The van der Waals surface area contributed by atoms with E-state index in [4.69, 9.17) is 0 Å². The Morgan fingerprint density at radius 1 is 1.20 bits per heavy atom. The van der Waals surface area contributed by atoms with Crippen molar-refractivity contribution in [1.82, 2.24) is 10.2 Å². The van der Waals surface area contributed by atoms with Crippen molar-refractivity contribution in [2.24, 2.45) is 5.92 Å². The summed E-state index contributed by atoms with van der Waals surface area (Å²) in [5.74, 6) is 0.725. The van der Waals surface area contributed by atoms with Gasteiger partial charge in [-0.05, 0) is 83.8 Å². The van der Waals surface area contributed by atoms with E-state index in [0.717, 1.165) is 12.5 Å². The minimum atomic E-state index is 0.572. The average molecular weight is 274 g/mol. The Labute approximate surface area is 124 Å². The molecular formula is C18H30N2. The van der Waals surface area contributed by atoms with Crippen LogP contribution in [0.3, 0.4) is 0 Å². The molecule has 2 rings (SSSR count). The molecule has 1 aromatic rings. The Morgan fingerprint density at radius 3 is 2.30 bits per heavy atom. The van der Waals surface area contributed by atoms with Crippen molar-refractivity contribution < 1.29 is 0 Å². The second kappa shape index (κ2) is 6.28. The maximum absolute atomic E-state index is 3.39. The van der Waals surface area contributed by atoms with E-state index < -0.39 is 0 Å². The summed E-state index contributed by atoms with van der Waals surface area (Å²) in [6.45, 7) is 13.7. The molecule has 1 heterocycles. The molecule has 112 valence electrons. The topological polar surface area (TPSA) is 15.3 Å². The lowest BCUT2D eigenvalue weighted by molar-refractivity contribution is 0.181. The first-order valence-electron chi connectivity index (χ1n) is 7.93. The molecule has 0 aromatic heterocycles. The van der Waals surface area contributed by atoms with E-state index in [2.05, 4.69) is 64.0 Å². The molecule has 1 aliphatic rings. The van der Waals surface area contributed by atoms with Crippen molar-refractivity contribution in [3.8, 4) is 0 Å². The van der Waals surface area contributed by atoms with Crippen molar-refractivity contribution in [1.29, 1.82) is 0 Å². The van der Waals surface area contributed by atoms with Crippen LogP contribution in [0.5, 0.6) is 0 Å².